The molecule has 2 aromatic rings. The van der Waals surface area contributed by atoms with Crippen molar-refractivity contribution >= 4 is 5.82 Å². The second kappa shape index (κ2) is 6.25. The summed E-state index contributed by atoms with van der Waals surface area (Å²) in [5.74, 6) is 1.85. The summed E-state index contributed by atoms with van der Waals surface area (Å²) in [7, 11) is 0. The minimum Gasteiger partial charge on any atom is -0.370 e. The second-order valence-corrected chi connectivity index (χ2v) is 5.83. The molecular weight excluding hydrogens is 258 g/mol. The van der Waals surface area contributed by atoms with Crippen LogP contribution in [-0.4, -0.2) is 16.5 Å². The first-order chi connectivity index (χ1) is 10.0. The van der Waals surface area contributed by atoms with Gasteiger partial charge in [0.05, 0.1) is 0 Å². The van der Waals surface area contributed by atoms with Crippen molar-refractivity contribution in [3.63, 3.8) is 0 Å². The first-order valence-electron chi connectivity index (χ1n) is 7.68. The van der Waals surface area contributed by atoms with Crippen molar-refractivity contribution < 1.29 is 0 Å². The maximum Gasteiger partial charge on any atom is 0.140 e. The molecule has 1 heterocycles. The Morgan fingerprint density at radius 3 is 2.29 bits per heavy atom. The van der Waals surface area contributed by atoms with Gasteiger partial charge in [0.2, 0.25) is 0 Å². The van der Waals surface area contributed by atoms with Crippen molar-refractivity contribution in [2.24, 2.45) is 0 Å². The molecule has 0 fully saturated rings. The fraction of sp³-hybridized carbons (Fsp3) is 0.444. The fourth-order valence-electron chi connectivity index (χ4n) is 2.60. The van der Waals surface area contributed by atoms with Crippen LogP contribution in [0.4, 0.5) is 5.82 Å². The Kier molecular flexibility index (Phi) is 4.61. The summed E-state index contributed by atoms with van der Waals surface area (Å²) in [4.78, 5) is 9.60. The van der Waals surface area contributed by atoms with Crippen LogP contribution in [0.3, 0.4) is 0 Å². The molecule has 0 bridgehead atoms. The SMILES string of the molecule is CCNc1nc(C(C)(C)c2ccccc2)nc(C)c1CC. The Balaban J connectivity index is 2.53. The van der Waals surface area contributed by atoms with Gasteiger partial charge in [-0.25, -0.2) is 9.97 Å². The molecule has 0 atom stereocenters. The predicted octanol–water partition coefficient (Wildman–Crippen LogP) is 4.11. The number of rotatable bonds is 5. The molecule has 1 N–H and O–H groups in total. The standard InChI is InChI=1S/C18H25N3/c1-6-15-13(3)20-17(21-16(15)19-7-2)18(4,5)14-11-9-8-10-12-14/h8-12H,6-7H2,1-5H3,(H,19,20,21). The number of nitrogens with zero attached hydrogens (tertiary/aromatic N) is 2. The van der Waals surface area contributed by atoms with Gasteiger partial charge in [0.15, 0.2) is 0 Å². The molecule has 3 nitrogen and oxygen atoms in total. The number of benzene rings is 1. The normalized spacial score (nSPS) is 11.5. The van der Waals surface area contributed by atoms with Crippen molar-refractivity contribution in [2.45, 2.75) is 46.5 Å². The van der Waals surface area contributed by atoms with Gasteiger partial charge in [0.25, 0.3) is 0 Å². The molecule has 0 saturated carbocycles. The molecule has 0 aliphatic carbocycles. The molecule has 21 heavy (non-hydrogen) atoms. The van der Waals surface area contributed by atoms with Crippen LogP contribution in [0.25, 0.3) is 0 Å². The summed E-state index contributed by atoms with van der Waals surface area (Å²) in [5.41, 5.74) is 3.31. The molecule has 1 aromatic carbocycles. The third kappa shape index (κ3) is 3.07. The highest BCUT2D eigenvalue weighted by Crippen LogP contribution is 2.31. The lowest BCUT2D eigenvalue weighted by molar-refractivity contribution is 0.586. The summed E-state index contributed by atoms with van der Waals surface area (Å²) in [6.07, 6.45) is 0.945. The minimum absolute atomic E-state index is 0.206. The number of hydrogen-bond donors (Lipinski definition) is 1. The number of hydrogen-bond acceptors (Lipinski definition) is 3. The molecule has 0 radical (unpaired) electrons. The third-order valence-corrected chi connectivity index (χ3v) is 3.97. The van der Waals surface area contributed by atoms with Gasteiger partial charge in [-0.15, -0.1) is 0 Å². The average Bonchev–Trinajstić information content (AvgIpc) is 2.48. The molecule has 2 rings (SSSR count). The van der Waals surface area contributed by atoms with Gasteiger partial charge in [-0.1, -0.05) is 37.3 Å². The Morgan fingerprint density at radius 2 is 1.71 bits per heavy atom. The molecule has 0 aliphatic rings. The van der Waals surface area contributed by atoms with Crippen molar-refractivity contribution in [2.75, 3.05) is 11.9 Å². The van der Waals surface area contributed by atoms with Crippen LogP contribution in [0.15, 0.2) is 30.3 Å². The summed E-state index contributed by atoms with van der Waals surface area (Å²) in [6.45, 7) is 11.5. The van der Waals surface area contributed by atoms with E-state index in [0.29, 0.717) is 0 Å². The van der Waals surface area contributed by atoms with Crippen LogP contribution in [0, 0.1) is 6.92 Å². The highest BCUT2D eigenvalue weighted by atomic mass is 15.0. The van der Waals surface area contributed by atoms with Crippen LogP contribution in [0.2, 0.25) is 0 Å². The van der Waals surface area contributed by atoms with E-state index in [1.54, 1.807) is 0 Å². The van der Waals surface area contributed by atoms with Gasteiger partial charge < -0.3 is 5.32 Å². The number of anilines is 1. The second-order valence-electron chi connectivity index (χ2n) is 5.83. The molecule has 0 aliphatic heterocycles. The smallest absolute Gasteiger partial charge is 0.140 e. The zero-order chi connectivity index (χ0) is 15.5. The Morgan fingerprint density at radius 1 is 1.05 bits per heavy atom. The molecule has 1 aromatic heterocycles. The fourth-order valence-corrected chi connectivity index (χ4v) is 2.60. The van der Waals surface area contributed by atoms with E-state index < -0.39 is 0 Å². The lowest BCUT2D eigenvalue weighted by Crippen LogP contribution is -2.24. The lowest BCUT2D eigenvalue weighted by atomic mass is 9.83. The van der Waals surface area contributed by atoms with E-state index in [-0.39, 0.29) is 5.41 Å². The van der Waals surface area contributed by atoms with Gasteiger partial charge in [-0.2, -0.15) is 0 Å². The summed E-state index contributed by atoms with van der Waals surface area (Å²) in [6, 6.07) is 10.4. The third-order valence-electron chi connectivity index (χ3n) is 3.97. The van der Waals surface area contributed by atoms with E-state index in [9.17, 15) is 0 Å². The molecule has 0 unspecified atom stereocenters. The van der Waals surface area contributed by atoms with E-state index in [1.807, 2.05) is 6.07 Å². The zero-order valence-electron chi connectivity index (χ0n) is 13.7. The van der Waals surface area contributed by atoms with Crippen molar-refractivity contribution in [3.8, 4) is 0 Å². The van der Waals surface area contributed by atoms with Gasteiger partial charge in [-0.05, 0) is 39.7 Å². The summed E-state index contributed by atoms with van der Waals surface area (Å²) < 4.78 is 0. The van der Waals surface area contributed by atoms with Crippen LogP contribution in [-0.2, 0) is 11.8 Å². The van der Waals surface area contributed by atoms with Crippen molar-refractivity contribution in [1.29, 1.82) is 0 Å². The van der Waals surface area contributed by atoms with Crippen LogP contribution < -0.4 is 5.32 Å². The van der Waals surface area contributed by atoms with Gasteiger partial charge in [-0.3, -0.25) is 0 Å². The lowest BCUT2D eigenvalue weighted by Gasteiger charge is -2.25. The maximum absolute atomic E-state index is 4.82. The molecule has 0 saturated heterocycles. The number of aryl methyl sites for hydroxylation is 1. The largest absolute Gasteiger partial charge is 0.370 e. The monoisotopic (exact) mass is 283 g/mol. The average molecular weight is 283 g/mol. The summed E-state index contributed by atoms with van der Waals surface area (Å²) in [5, 5.41) is 3.38. The Bertz CT molecular complexity index is 603. The van der Waals surface area contributed by atoms with Crippen molar-refractivity contribution in [3.05, 3.63) is 53.0 Å². The maximum atomic E-state index is 4.82. The topological polar surface area (TPSA) is 37.8 Å². The van der Waals surface area contributed by atoms with Crippen LogP contribution >= 0.6 is 0 Å². The van der Waals surface area contributed by atoms with Gasteiger partial charge in [0.1, 0.15) is 11.6 Å². The Labute approximate surface area is 127 Å². The molecule has 0 spiro atoms. The predicted molar refractivity (Wildman–Crippen MR) is 88.9 cm³/mol. The van der Waals surface area contributed by atoms with Crippen molar-refractivity contribution in [1.82, 2.24) is 9.97 Å². The molecular formula is C18H25N3. The Hall–Kier alpha value is -1.90. The first-order valence-corrected chi connectivity index (χ1v) is 7.68. The van der Waals surface area contributed by atoms with E-state index in [2.05, 4.69) is 64.2 Å². The van der Waals surface area contributed by atoms with Crippen LogP contribution in [0.5, 0.6) is 0 Å². The molecule has 112 valence electrons. The first kappa shape index (κ1) is 15.5. The molecule has 3 heteroatoms. The van der Waals surface area contributed by atoms with Crippen LogP contribution in [0.1, 0.15) is 50.3 Å². The zero-order valence-corrected chi connectivity index (χ0v) is 13.7. The minimum atomic E-state index is -0.206. The highest BCUT2D eigenvalue weighted by molar-refractivity contribution is 5.48. The summed E-state index contributed by atoms with van der Waals surface area (Å²) >= 11 is 0. The quantitative estimate of drug-likeness (QED) is 0.897. The number of nitrogens with one attached hydrogen (secondary N) is 1. The van der Waals surface area contributed by atoms with E-state index in [0.717, 1.165) is 30.3 Å². The molecule has 0 amide bonds. The van der Waals surface area contributed by atoms with Gasteiger partial charge >= 0.3 is 0 Å². The van der Waals surface area contributed by atoms with E-state index in [4.69, 9.17) is 9.97 Å². The number of aromatic nitrogens is 2. The van der Waals surface area contributed by atoms with E-state index in [1.165, 1.54) is 11.1 Å². The van der Waals surface area contributed by atoms with E-state index >= 15 is 0 Å². The van der Waals surface area contributed by atoms with Gasteiger partial charge in [0, 0.05) is 23.2 Å². The highest BCUT2D eigenvalue weighted by Gasteiger charge is 2.27.